The Labute approximate surface area is 167 Å². The number of hydrogen-bond acceptors (Lipinski definition) is 3. The summed E-state index contributed by atoms with van der Waals surface area (Å²) in [6, 6.07) is 13.1. The number of benzene rings is 2. The highest BCUT2D eigenvalue weighted by Crippen LogP contribution is 2.22. The fraction of sp³-hybridized carbons (Fsp3) is 0.0588. The molecule has 0 radical (unpaired) electrons. The van der Waals surface area contributed by atoms with Crippen LogP contribution in [0.4, 0.5) is 5.69 Å². The third-order valence-corrected chi connectivity index (χ3v) is 4.55. The Morgan fingerprint density at radius 3 is 2.58 bits per heavy atom. The molecule has 2 rings (SSSR count). The minimum atomic E-state index is -0.296. The van der Waals surface area contributed by atoms with Gasteiger partial charge >= 0.3 is 0 Å². The molecule has 2 aromatic carbocycles. The van der Waals surface area contributed by atoms with Gasteiger partial charge < -0.3 is 10.1 Å². The molecule has 0 unspecified atom stereocenters. The van der Waals surface area contributed by atoms with Crippen molar-refractivity contribution in [2.24, 2.45) is 0 Å². The fourth-order valence-electron chi connectivity index (χ4n) is 1.78. The number of carbonyl (C=O) groups excluding carboxylic acids is 1. The third-order valence-electron chi connectivity index (χ3n) is 2.96. The van der Waals surface area contributed by atoms with Crippen LogP contribution in [0.15, 0.2) is 53.0 Å². The Balaban J connectivity index is 1.91. The van der Waals surface area contributed by atoms with E-state index in [1.54, 1.807) is 13.2 Å². The van der Waals surface area contributed by atoms with E-state index in [1.807, 2.05) is 42.5 Å². The number of rotatable bonds is 4. The molecule has 0 fully saturated rings. The van der Waals surface area contributed by atoms with Crippen molar-refractivity contribution < 1.29 is 9.53 Å². The van der Waals surface area contributed by atoms with Gasteiger partial charge in [-0.3, -0.25) is 10.1 Å². The molecule has 4 nitrogen and oxygen atoms in total. The van der Waals surface area contributed by atoms with E-state index in [0.717, 1.165) is 25.0 Å². The summed E-state index contributed by atoms with van der Waals surface area (Å²) < 4.78 is 7.06. The molecule has 0 aliphatic carbocycles. The summed E-state index contributed by atoms with van der Waals surface area (Å²) in [6.07, 6.45) is 3.14. The number of carbonyl (C=O) groups is 1. The number of amides is 1. The first kappa shape index (κ1) is 18.9. The third kappa shape index (κ3) is 5.88. The zero-order valence-electron chi connectivity index (χ0n) is 12.7. The first-order chi connectivity index (χ1) is 11.5. The van der Waals surface area contributed by atoms with Crippen LogP contribution in [0.3, 0.4) is 0 Å². The lowest BCUT2D eigenvalue weighted by Crippen LogP contribution is -2.33. The number of halogens is 2. The van der Waals surface area contributed by atoms with Gasteiger partial charge in [-0.25, -0.2) is 0 Å². The molecular formula is C17H14BrIN2O2S. The van der Waals surface area contributed by atoms with Crippen molar-refractivity contribution in [3.63, 3.8) is 0 Å². The van der Waals surface area contributed by atoms with E-state index < -0.39 is 0 Å². The maximum Gasteiger partial charge on any atom is 0.250 e. The van der Waals surface area contributed by atoms with Gasteiger partial charge in [-0.05, 0) is 76.8 Å². The molecule has 0 aliphatic heterocycles. The van der Waals surface area contributed by atoms with Crippen LogP contribution in [0.1, 0.15) is 5.56 Å². The molecule has 124 valence electrons. The summed E-state index contributed by atoms with van der Waals surface area (Å²) in [7, 11) is 1.61. The lowest BCUT2D eigenvalue weighted by Gasteiger charge is -2.10. The van der Waals surface area contributed by atoms with Crippen molar-refractivity contribution in [1.29, 1.82) is 0 Å². The Kier molecular flexibility index (Phi) is 7.19. The predicted molar refractivity (Wildman–Crippen MR) is 113 cm³/mol. The SMILES string of the molecule is COc1ccc(C=CC(=O)NC(=S)Nc2ccc(Br)cc2I)cc1. The summed E-state index contributed by atoms with van der Waals surface area (Å²) in [5.74, 6) is 0.474. The standard InChI is InChI=1S/C17H14BrIN2O2S/c1-23-13-6-2-11(3-7-13)4-9-16(22)21-17(24)20-15-8-5-12(18)10-14(15)19/h2-10H,1H3,(H2,20,21,22,24). The predicted octanol–water partition coefficient (Wildman–Crippen LogP) is 4.59. The minimum Gasteiger partial charge on any atom is -0.497 e. The van der Waals surface area contributed by atoms with Gasteiger partial charge in [0.15, 0.2) is 5.11 Å². The van der Waals surface area contributed by atoms with Crippen molar-refractivity contribution in [3.8, 4) is 5.75 Å². The van der Waals surface area contributed by atoms with Gasteiger partial charge in [-0.2, -0.15) is 0 Å². The van der Waals surface area contributed by atoms with E-state index in [4.69, 9.17) is 17.0 Å². The highest BCUT2D eigenvalue weighted by atomic mass is 127. The van der Waals surface area contributed by atoms with Crippen molar-refractivity contribution in [1.82, 2.24) is 5.32 Å². The van der Waals surface area contributed by atoms with Crippen LogP contribution in [0.2, 0.25) is 0 Å². The lowest BCUT2D eigenvalue weighted by atomic mass is 10.2. The number of thiocarbonyl (C=S) groups is 1. The number of methoxy groups -OCH3 is 1. The lowest BCUT2D eigenvalue weighted by molar-refractivity contribution is -0.115. The maximum absolute atomic E-state index is 11.9. The molecule has 7 heteroatoms. The van der Waals surface area contributed by atoms with Gasteiger partial charge in [0.05, 0.1) is 12.8 Å². The molecule has 0 saturated heterocycles. The van der Waals surface area contributed by atoms with Crippen molar-refractivity contribution in [3.05, 3.63) is 62.1 Å². The van der Waals surface area contributed by atoms with Crippen molar-refractivity contribution in [2.45, 2.75) is 0 Å². The van der Waals surface area contributed by atoms with E-state index in [0.29, 0.717) is 0 Å². The molecule has 0 saturated carbocycles. The van der Waals surface area contributed by atoms with Gasteiger partial charge in [-0.15, -0.1) is 0 Å². The highest BCUT2D eigenvalue weighted by molar-refractivity contribution is 14.1. The summed E-state index contributed by atoms with van der Waals surface area (Å²) in [5.41, 5.74) is 1.73. The summed E-state index contributed by atoms with van der Waals surface area (Å²) in [5, 5.41) is 5.87. The molecule has 0 heterocycles. The van der Waals surface area contributed by atoms with Gasteiger partial charge in [0.25, 0.3) is 0 Å². The number of anilines is 1. The van der Waals surface area contributed by atoms with Crippen LogP contribution in [0, 0.1) is 3.57 Å². The topological polar surface area (TPSA) is 50.4 Å². The maximum atomic E-state index is 11.9. The fourth-order valence-corrected chi connectivity index (χ4v) is 3.43. The van der Waals surface area contributed by atoms with Crippen LogP contribution < -0.4 is 15.4 Å². The Morgan fingerprint density at radius 2 is 1.96 bits per heavy atom. The molecule has 1 amide bonds. The van der Waals surface area contributed by atoms with Gasteiger partial charge in [0.2, 0.25) is 5.91 Å². The molecule has 2 N–H and O–H groups in total. The van der Waals surface area contributed by atoms with Crippen molar-refractivity contribution in [2.75, 3.05) is 12.4 Å². The van der Waals surface area contributed by atoms with Gasteiger partial charge in [-0.1, -0.05) is 28.1 Å². The Hall–Kier alpha value is -1.45. The second-order valence-electron chi connectivity index (χ2n) is 4.67. The molecule has 0 bridgehead atoms. The Morgan fingerprint density at radius 1 is 1.25 bits per heavy atom. The second-order valence-corrected chi connectivity index (χ2v) is 7.16. The minimum absolute atomic E-state index is 0.250. The van der Waals surface area contributed by atoms with E-state index in [2.05, 4.69) is 49.2 Å². The first-order valence-corrected chi connectivity index (χ1v) is 9.15. The van der Waals surface area contributed by atoms with E-state index in [-0.39, 0.29) is 11.0 Å². The molecule has 2 aromatic rings. The highest BCUT2D eigenvalue weighted by Gasteiger charge is 2.05. The molecule has 0 atom stereocenters. The van der Waals surface area contributed by atoms with Gasteiger partial charge in [0.1, 0.15) is 5.75 Å². The number of ether oxygens (including phenoxy) is 1. The van der Waals surface area contributed by atoms with Gasteiger partial charge in [0, 0.05) is 14.1 Å². The molecule has 0 spiro atoms. The average Bonchev–Trinajstić information content (AvgIpc) is 2.56. The normalized spacial score (nSPS) is 10.5. The zero-order chi connectivity index (χ0) is 17.5. The van der Waals surface area contributed by atoms with Crippen LogP contribution in [-0.4, -0.2) is 18.1 Å². The van der Waals surface area contributed by atoms with Crippen LogP contribution in [0.5, 0.6) is 5.75 Å². The first-order valence-electron chi connectivity index (χ1n) is 6.87. The van der Waals surface area contributed by atoms with Crippen LogP contribution in [-0.2, 0) is 4.79 Å². The summed E-state index contributed by atoms with van der Waals surface area (Å²) in [6.45, 7) is 0. The molecular weight excluding hydrogens is 503 g/mol. The quantitative estimate of drug-likeness (QED) is 0.354. The monoisotopic (exact) mass is 516 g/mol. The average molecular weight is 517 g/mol. The molecule has 0 aromatic heterocycles. The van der Waals surface area contributed by atoms with E-state index in [9.17, 15) is 4.79 Å². The van der Waals surface area contributed by atoms with E-state index in [1.165, 1.54) is 6.08 Å². The largest absolute Gasteiger partial charge is 0.497 e. The Bertz CT molecular complexity index is 779. The molecule has 0 aliphatic rings. The van der Waals surface area contributed by atoms with E-state index >= 15 is 0 Å². The van der Waals surface area contributed by atoms with Crippen LogP contribution >= 0.6 is 50.7 Å². The number of hydrogen-bond donors (Lipinski definition) is 2. The summed E-state index contributed by atoms with van der Waals surface area (Å²) in [4.78, 5) is 11.9. The second kappa shape index (κ2) is 9.14. The molecule has 24 heavy (non-hydrogen) atoms. The van der Waals surface area contributed by atoms with Crippen molar-refractivity contribution >= 4 is 73.5 Å². The zero-order valence-corrected chi connectivity index (χ0v) is 17.2. The van der Waals surface area contributed by atoms with Crippen LogP contribution in [0.25, 0.3) is 6.08 Å². The smallest absolute Gasteiger partial charge is 0.250 e. The summed E-state index contributed by atoms with van der Waals surface area (Å²) >= 11 is 10.8. The number of nitrogens with one attached hydrogen (secondary N) is 2.